The first kappa shape index (κ1) is 20.8. The molecule has 7 heteroatoms. The molecule has 0 fully saturated rings. The molecule has 0 unspecified atom stereocenters. The highest BCUT2D eigenvalue weighted by Gasteiger charge is 2.20. The van der Waals surface area contributed by atoms with E-state index in [2.05, 4.69) is 41.5 Å². The van der Waals surface area contributed by atoms with Crippen molar-refractivity contribution in [3.8, 4) is 11.3 Å². The molecule has 0 saturated carbocycles. The third kappa shape index (κ3) is 4.08. The van der Waals surface area contributed by atoms with E-state index in [1.54, 1.807) is 6.20 Å². The van der Waals surface area contributed by atoms with Crippen LogP contribution in [-0.2, 0) is 19.6 Å². The standard InChI is InChI=1S/C24H28N6O/c1-5-13-30-19(11-12-26-30)15-25-24(31)20-14-21(18-9-7-16(3)8-10-18)27-23-22(20)17(4)28-29(23)6-2/h7-12,14H,5-6,13,15H2,1-4H3,(H,25,31). The predicted molar refractivity (Wildman–Crippen MR) is 122 cm³/mol. The van der Waals surface area contributed by atoms with Crippen LogP contribution in [0.1, 0.15) is 47.6 Å². The number of aryl methyl sites for hydroxylation is 4. The zero-order chi connectivity index (χ0) is 22.0. The van der Waals surface area contributed by atoms with Crippen molar-refractivity contribution in [2.45, 2.75) is 53.8 Å². The van der Waals surface area contributed by atoms with Gasteiger partial charge < -0.3 is 5.32 Å². The van der Waals surface area contributed by atoms with Crippen LogP contribution in [0.25, 0.3) is 22.3 Å². The number of hydrogen-bond acceptors (Lipinski definition) is 4. The van der Waals surface area contributed by atoms with Crippen LogP contribution >= 0.6 is 0 Å². The third-order valence-corrected chi connectivity index (χ3v) is 5.44. The number of nitrogens with one attached hydrogen (secondary N) is 1. The Kier molecular flexibility index (Phi) is 5.84. The van der Waals surface area contributed by atoms with E-state index < -0.39 is 0 Å². The zero-order valence-electron chi connectivity index (χ0n) is 18.5. The molecule has 31 heavy (non-hydrogen) atoms. The van der Waals surface area contributed by atoms with Crippen LogP contribution < -0.4 is 5.32 Å². The van der Waals surface area contributed by atoms with Gasteiger partial charge in [-0.15, -0.1) is 0 Å². The number of carbonyl (C=O) groups excluding carboxylic acids is 1. The molecular formula is C24H28N6O. The maximum Gasteiger partial charge on any atom is 0.252 e. The van der Waals surface area contributed by atoms with E-state index in [-0.39, 0.29) is 5.91 Å². The first-order chi connectivity index (χ1) is 15.0. The summed E-state index contributed by atoms with van der Waals surface area (Å²) in [6.45, 7) is 10.1. The van der Waals surface area contributed by atoms with Gasteiger partial charge in [0, 0.05) is 24.8 Å². The normalized spacial score (nSPS) is 11.2. The Balaban J connectivity index is 1.74. The van der Waals surface area contributed by atoms with Crippen molar-refractivity contribution in [3.63, 3.8) is 0 Å². The monoisotopic (exact) mass is 416 g/mol. The molecule has 1 aromatic carbocycles. The molecule has 4 rings (SSSR count). The topological polar surface area (TPSA) is 77.6 Å². The number of nitrogens with zero attached hydrogens (tertiary/aromatic N) is 5. The van der Waals surface area contributed by atoms with Crippen molar-refractivity contribution in [1.29, 1.82) is 0 Å². The van der Waals surface area contributed by atoms with E-state index in [4.69, 9.17) is 4.98 Å². The van der Waals surface area contributed by atoms with Crippen LogP contribution in [0.5, 0.6) is 0 Å². The van der Waals surface area contributed by atoms with Gasteiger partial charge in [0.25, 0.3) is 5.91 Å². The largest absolute Gasteiger partial charge is 0.346 e. The molecule has 0 saturated heterocycles. The predicted octanol–water partition coefficient (Wildman–Crippen LogP) is 4.27. The molecule has 0 bridgehead atoms. The molecule has 0 spiro atoms. The minimum Gasteiger partial charge on any atom is -0.346 e. The van der Waals surface area contributed by atoms with Crippen molar-refractivity contribution in [3.05, 3.63) is 65.1 Å². The molecule has 3 aromatic heterocycles. The van der Waals surface area contributed by atoms with Gasteiger partial charge in [-0.2, -0.15) is 10.2 Å². The fraction of sp³-hybridized carbons (Fsp3) is 0.333. The number of hydrogen-bond donors (Lipinski definition) is 1. The molecule has 0 atom stereocenters. The second-order valence-electron chi connectivity index (χ2n) is 7.75. The van der Waals surface area contributed by atoms with Crippen molar-refractivity contribution < 1.29 is 4.79 Å². The summed E-state index contributed by atoms with van der Waals surface area (Å²) >= 11 is 0. The summed E-state index contributed by atoms with van der Waals surface area (Å²) in [7, 11) is 0. The minimum absolute atomic E-state index is 0.135. The first-order valence-electron chi connectivity index (χ1n) is 10.8. The average molecular weight is 417 g/mol. The van der Waals surface area contributed by atoms with Crippen molar-refractivity contribution in [1.82, 2.24) is 29.9 Å². The van der Waals surface area contributed by atoms with Crippen LogP contribution in [0.4, 0.5) is 0 Å². The highest BCUT2D eigenvalue weighted by Crippen LogP contribution is 2.27. The summed E-state index contributed by atoms with van der Waals surface area (Å²) < 4.78 is 3.79. The molecule has 1 amide bonds. The number of carbonyl (C=O) groups is 1. The van der Waals surface area contributed by atoms with Crippen LogP contribution in [-0.4, -0.2) is 30.5 Å². The quantitative estimate of drug-likeness (QED) is 0.488. The Hall–Kier alpha value is -3.48. The molecule has 1 N–H and O–H groups in total. The smallest absolute Gasteiger partial charge is 0.252 e. The molecule has 0 radical (unpaired) electrons. The molecule has 4 aromatic rings. The number of rotatable bonds is 7. The number of pyridine rings is 1. The van der Waals surface area contributed by atoms with Gasteiger partial charge >= 0.3 is 0 Å². The van der Waals surface area contributed by atoms with Crippen LogP contribution in [0.15, 0.2) is 42.6 Å². The Morgan fingerprint density at radius 1 is 1.06 bits per heavy atom. The lowest BCUT2D eigenvalue weighted by Crippen LogP contribution is -2.25. The van der Waals surface area contributed by atoms with Gasteiger partial charge in [0.2, 0.25) is 0 Å². The summed E-state index contributed by atoms with van der Waals surface area (Å²) in [6, 6.07) is 12.0. The second kappa shape index (κ2) is 8.71. The molecule has 0 aliphatic heterocycles. The van der Waals surface area contributed by atoms with Gasteiger partial charge in [0.1, 0.15) is 0 Å². The van der Waals surface area contributed by atoms with E-state index in [1.165, 1.54) is 5.56 Å². The van der Waals surface area contributed by atoms with Gasteiger partial charge in [-0.05, 0) is 39.3 Å². The van der Waals surface area contributed by atoms with Gasteiger partial charge in [0.15, 0.2) is 5.65 Å². The van der Waals surface area contributed by atoms with Gasteiger partial charge in [-0.1, -0.05) is 36.8 Å². The number of benzene rings is 1. The summed E-state index contributed by atoms with van der Waals surface area (Å²) in [5.74, 6) is -0.135. The maximum absolute atomic E-state index is 13.3. The highest BCUT2D eigenvalue weighted by atomic mass is 16.1. The highest BCUT2D eigenvalue weighted by molar-refractivity contribution is 6.07. The van der Waals surface area contributed by atoms with Crippen molar-refractivity contribution >= 4 is 16.9 Å². The fourth-order valence-electron chi connectivity index (χ4n) is 3.81. The first-order valence-corrected chi connectivity index (χ1v) is 10.8. The molecule has 0 aliphatic carbocycles. The van der Waals surface area contributed by atoms with Crippen molar-refractivity contribution in [2.24, 2.45) is 0 Å². The Bertz CT molecular complexity index is 1220. The summed E-state index contributed by atoms with van der Waals surface area (Å²) in [5, 5.41) is 12.8. The summed E-state index contributed by atoms with van der Waals surface area (Å²) in [5.41, 5.74) is 6.05. The lowest BCUT2D eigenvalue weighted by Gasteiger charge is -2.11. The number of amides is 1. The van der Waals surface area contributed by atoms with Gasteiger partial charge in [0.05, 0.1) is 34.6 Å². The van der Waals surface area contributed by atoms with Crippen LogP contribution in [0, 0.1) is 13.8 Å². The Morgan fingerprint density at radius 3 is 2.55 bits per heavy atom. The van der Waals surface area contributed by atoms with Crippen LogP contribution in [0.2, 0.25) is 0 Å². The van der Waals surface area contributed by atoms with E-state index in [9.17, 15) is 4.79 Å². The number of aromatic nitrogens is 5. The Morgan fingerprint density at radius 2 is 1.84 bits per heavy atom. The van der Waals surface area contributed by atoms with E-state index >= 15 is 0 Å². The summed E-state index contributed by atoms with van der Waals surface area (Å²) in [4.78, 5) is 18.2. The van der Waals surface area contributed by atoms with Crippen LogP contribution in [0.3, 0.4) is 0 Å². The molecule has 0 aliphatic rings. The maximum atomic E-state index is 13.3. The van der Waals surface area contributed by atoms with E-state index in [0.29, 0.717) is 18.7 Å². The summed E-state index contributed by atoms with van der Waals surface area (Å²) in [6.07, 6.45) is 2.76. The van der Waals surface area contributed by atoms with Gasteiger partial charge in [-0.3, -0.25) is 9.48 Å². The molecule has 160 valence electrons. The number of fused-ring (bicyclic) bond motifs is 1. The van der Waals surface area contributed by atoms with E-state index in [0.717, 1.165) is 46.6 Å². The average Bonchev–Trinajstić information content (AvgIpc) is 3.35. The minimum atomic E-state index is -0.135. The fourth-order valence-corrected chi connectivity index (χ4v) is 3.81. The van der Waals surface area contributed by atoms with E-state index in [1.807, 2.05) is 47.5 Å². The zero-order valence-corrected chi connectivity index (χ0v) is 18.5. The Labute approximate surface area is 182 Å². The SMILES string of the molecule is CCCn1nccc1CNC(=O)c1cc(-c2ccc(C)cc2)nc2c1c(C)nn2CC. The molecule has 3 heterocycles. The molecular weight excluding hydrogens is 388 g/mol. The van der Waals surface area contributed by atoms with Crippen molar-refractivity contribution in [2.75, 3.05) is 0 Å². The second-order valence-corrected chi connectivity index (χ2v) is 7.75. The lowest BCUT2D eigenvalue weighted by molar-refractivity contribution is 0.0951. The molecule has 7 nitrogen and oxygen atoms in total. The lowest BCUT2D eigenvalue weighted by atomic mass is 10.0. The van der Waals surface area contributed by atoms with Gasteiger partial charge in [-0.25, -0.2) is 9.67 Å². The third-order valence-electron chi connectivity index (χ3n) is 5.44.